The molecular weight excluding hydrogens is 348 g/mol. The number of ether oxygens (including phenoxy) is 1. The molecule has 1 atom stereocenters. The number of methoxy groups -OCH3 is 1. The predicted molar refractivity (Wildman–Crippen MR) is 115 cm³/mol. The van der Waals surface area contributed by atoms with Gasteiger partial charge < -0.3 is 14.9 Å². The first-order valence-electron chi connectivity index (χ1n) is 9.43. The maximum atomic E-state index is 9.75. The fourth-order valence-electron chi connectivity index (χ4n) is 3.07. The Morgan fingerprint density at radius 2 is 1.36 bits per heavy atom. The molecule has 0 bridgehead atoms. The lowest BCUT2D eigenvalue weighted by atomic mass is 9.78. The van der Waals surface area contributed by atoms with E-state index in [-0.39, 0.29) is 11.2 Å². The fraction of sp³-hybridized carbons (Fsp3) is 0.280. The average Bonchev–Trinajstić information content (AvgIpc) is 2.68. The van der Waals surface area contributed by atoms with Gasteiger partial charge in [0, 0.05) is 5.92 Å². The van der Waals surface area contributed by atoms with Gasteiger partial charge in [-0.1, -0.05) is 64.1 Å². The number of hydrogen-bond donors (Lipinski definition) is 2. The van der Waals surface area contributed by atoms with Gasteiger partial charge in [0.1, 0.15) is 17.2 Å². The summed E-state index contributed by atoms with van der Waals surface area (Å²) >= 11 is 0. The number of phenols is 2. The lowest BCUT2D eigenvalue weighted by Crippen LogP contribution is -2.15. The normalized spacial score (nSPS) is 11.9. The van der Waals surface area contributed by atoms with Gasteiger partial charge in [-0.15, -0.1) is 0 Å². The second-order valence-corrected chi connectivity index (χ2v) is 7.85. The second kappa shape index (κ2) is 9.32. The average molecular weight is 379 g/mol. The summed E-state index contributed by atoms with van der Waals surface area (Å²) in [5, 5.41) is 18.5. The monoisotopic (exact) mass is 378 g/mol. The van der Waals surface area contributed by atoms with Crippen LogP contribution in [0.15, 0.2) is 72.8 Å². The Morgan fingerprint density at radius 3 is 1.89 bits per heavy atom. The molecule has 0 heterocycles. The van der Waals surface area contributed by atoms with E-state index in [9.17, 15) is 5.11 Å². The van der Waals surface area contributed by atoms with Crippen LogP contribution in [0.1, 0.15) is 50.3 Å². The van der Waals surface area contributed by atoms with Crippen LogP contribution in [0.2, 0.25) is 0 Å². The lowest BCUT2D eigenvalue weighted by molar-refractivity contribution is 0.412. The van der Waals surface area contributed by atoms with Crippen LogP contribution in [0, 0.1) is 0 Å². The van der Waals surface area contributed by atoms with Crippen LogP contribution in [-0.4, -0.2) is 17.3 Å². The quantitative estimate of drug-likeness (QED) is 0.567. The first-order chi connectivity index (χ1) is 13.2. The third kappa shape index (κ3) is 5.78. The molecule has 0 saturated heterocycles. The minimum Gasteiger partial charge on any atom is -0.508 e. The van der Waals surface area contributed by atoms with Crippen molar-refractivity contribution in [3.05, 3.63) is 89.5 Å². The summed E-state index contributed by atoms with van der Waals surface area (Å²) in [6.07, 6.45) is 0. The van der Waals surface area contributed by atoms with Crippen molar-refractivity contribution in [1.82, 2.24) is 0 Å². The summed E-state index contributed by atoms with van der Waals surface area (Å²) in [6.45, 7) is 8.77. The van der Waals surface area contributed by atoms with Crippen molar-refractivity contribution in [1.29, 1.82) is 0 Å². The van der Waals surface area contributed by atoms with Crippen molar-refractivity contribution >= 4 is 0 Å². The van der Waals surface area contributed by atoms with E-state index < -0.39 is 0 Å². The standard InChI is InChI=1S/C18H22O.C7H8O2/c1-13(14-8-6-5-7-9-14)16-11-10-15(19)12-17(16)18(2,3)4;1-9-7-4-2-6(8)3-5-7/h5-13,19H,1-4H3;2-5,8H,1H3. The molecule has 3 aromatic carbocycles. The van der Waals surface area contributed by atoms with Crippen molar-refractivity contribution in [3.8, 4) is 17.2 Å². The Labute approximate surface area is 168 Å². The molecule has 148 valence electrons. The molecular formula is C25H30O3. The topological polar surface area (TPSA) is 49.7 Å². The number of hydrogen-bond acceptors (Lipinski definition) is 3. The van der Waals surface area contributed by atoms with Gasteiger partial charge in [-0.05, 0) is 58.5 Å². The number of benzene rings is 3. The summed E-state index contributed by atoms with van der Waals surface area (Å²) in [5.74, 6) is 1.69. The molecule has 3 heteroatoms. The molecule has 2 N–H and O–H groups in total. The van der Waals surface area contributed by atoms with E-state index in [0.717, 1.165) is 5.75 Å². The second-order valence-electron chi connectivity index (χ2n) is 7.85. The van der Waals surface area contributed by atoms with Gasteiger partial charge in [0.05, 0.1) is 7.11 Å². The molecule has 0 aliphatic heterocycles. The minimum absolute atomic E-state index is 0.0249. The SMILES string of the molecule is CC(c1ccccc1)c1ccc(O)cc1C(C)(C)C.COc1ccc(O)cc1. The molecule has 0 saturated carbocycles. The Balaban J connectivity index is 0.000000261. The lowest BCUT2D eigenvalue weighted by Gasteiger charge is -2.26. The van der Waals surface area contributed by atoms with Crippen molar-refractivity contribution in [2.75, 3.05) is 7.11 Å². The van der Waals surface area contributed by atoms with E-state index in [2.05, 4.69) is 52.0 Å². The Kier molecular flexibility index (Phi) is 7.11. The third-order valence-corrected chi connectivity index (χ3v) is 4.68. The van der Waals surface area contributed by atoms with Crippen LogP contribution in [0.5, 0.6) is 17.2 Å². The summed E-state index contributed by atoms with van der Waals surface area (Å²) in [7, 11) is 1.59. The smallest absolute Gasteiger partial charge is 0.119 e. The summed E-state index contributed by atoms with van der Waals surface area (Å²) in [5.41, 5.74) is 3.83. The molecule has 0 radical (unpaired) electrons. The molecule has 0 aromatic heterocycles. The van der Waals surface area contributed by atoms with Crippen LogP contribution >= 0.6 is 0 Å². The Hall–Kier alpha value is -2.94. The molecule has 3 rings (SSSR count). The number of rotatable bonds is 3. The highest BCUT2D eigenvalue weighted by Gasteiger charge is 2.22. The van der Waals surface area contributed by atoms with Crippen molar-refractivity contribution in [3.63, 3.8) is 0 Å². The molecule has 0 fully saturated rings. The number of aromatic hydroxyl groups is 2. The minimum atomic E-state index is 0.0249. The van der Waals surface area contributed by atoms with Gasteiger partial charge in [0.15, 0.2) is 0 Å². The highest BCUT2D eigenvalue weighted by atomic mass is 16.5. The van der Waals surface area contributed by atoms with Gasteiger partial charge in [0.25, 0.3) is 0 Å². The zero-order valence-corrected chi connectivity index (χ0v) is 17.3. The van der Waals surface area contributed by atoms with E-state index >= 15 is 0 Å². The van der Waals surface area contributed by atoms with E-state index in [4.69, 9.17) is 9.84 Å². The van der Waals surface area contributed by atoms with Crippen LogP contribution in [0.3, 0.4) is 0 Å². The van der Waals surface area contributed by atoms with Crippen LogP contribution in [-0.2, 0) is 5.41 Å². The maximum Gasteiger partial charge on any atom is 0.119 e. The molecule has 0 amide bonds. The largest absolute Gasteiger partial charge is 0.508 e. The van der Waals surface area contributed by atoms with Gasteiger partial charge in [-0.25, -0.2) is 0 Å². The predicted octanol–water partition coefficient (Wildman–Crippen LogP) is 6.24. The molecule has 1 unspecified atom stereocenters. The van der Waals surface area contributed by atoms with Gasteiger partial charge in [0.2, 0.25) is 0 Å². The van der Waals surface area contributed by atoms with Crippen LogP contribution in [0.4, 0.5) is 0 Å². The molecule has 0 aliphatic carbocycles. The van der Waals surface area contributed by atoms with E-state index in [1.54, 1.807) is 37.4 Å². The Bertz CT molecular complexity index is 863. The maximum absolute atomic E-state index is 9.75. The highest BCUT2D eigenvalue weighted by Crippen LogP contribution is 2.35. The summed E-state index contributed by atoms with van der Waals surface area (Å²) in [6, 6.07) is 22.8. The molecule has 3 aromatic rings. The zero-order chi connectivity index (χ0) is 20.7. The van der Waals surface area contributed by atoms with Gasteiger partial charge in [-0.2, -0.15) is 0 Å². The van der Waals surface area contributed by atoms with E-state index in [1.165, 1.54) is 16.7 Å². The zero-order valence-electron chi connectivity index (χ0n) is 17.3. The van der Waals surface area contributed by atoms with Crippen molar-refractivity contribution in [2.24, 2.45) is 0 Å². The molecule has 0 aliphatic rings. The fourth-order valence-corrected chi connectivity index (χ4v) is 3.07. The van der Waals surface area contributed by atoms with E-state index in [0.29, 0.717) is 11.7 Å². The molecule has 3 nitrogen and oxygen atoms in total. The molecule has 0 spiro atoms. The van der Waals surface area contributed by atoms with Gasteiger partial charge in [-0.3, -0.25) is 0 Å². The highest BCUT2D eigenvalue weighted by molar-refractivity contribution is 5.44. The summed E-state index contributed by atoms with van der Waals surface area (Å²) < 4.78 is 4.86. The van der Waals surface area contributed by atoms with Crippen molar-refractivity contribution in [2.45, 2.75) is 39.0 Å². The first-order valence-corrected chi connectivity index (χ1v) is 9.43. The van der Waals surface area contributed by atoms with Gasteiger partial charge >= 0.3 is 0 Å². The molecule has 28 heavy (non-hydrogen) atoms. The first kappa shape index (κ1) is 21.4. The van der Waals surface area contributed by atoms with Crippen LogP contribution < -0.4 is 4.74 Å². The third-order valence-electron chi connectivity index (χ3n) is 4.68. The Morgan fingerprint density at radius 1 is 0.786 bits per heavy atom. The van der Waals surface area contributed by atoms with Crippen LogP contribution in [0.25, 0.3) is 0 Å². The van der Waals surface area contributed by atoms with Crippen molar-refractivity contribution < 1.29 is 14.9 Å². The number of phenolic OH excluding ortho intramolecular Hbond substituents is 2. The van der Waals surface area contributed by atoms with E-state index in [1.807, 2.05) is 18.2 Å². The summed E-state index contributed by atoms with van der Waals surface area (Å²) in [4.78, 5) is 0.